The molecule has 26 heavy (non-hydrogen) atoms. The van der Waals surface area contributed by atoms with Crippen LogP contribution in [0.3, 0.4) is 0 Å². The Morgan fingerprint density at radius 2 is 2.12 bits per heavy atom. The molecule has 7 heteroatoms. The molecule has 0 spiro atoms. The first-order valence-electron chi connectivity index (χ1n) is 8.06. The summed E-state index contributed by atoms with van der Waals surface area (Å²) in [4.78, 5) is 13.1. The fourth-order valence-corrected chi connectivity index (χ4v) is 2.50. The van der Waals surface area contributed by atoms with Crippen molar-refractivity contribution in [1.82, 2.24) is 24.6 Å². The number of nitrogens with one attached hydrogen (secondary N) is 1. The van der Waals surface area contributed by atoms with Gasteiger partial charge in [0.2, 0.25) is 5.82 Å². The minimum atomic E-state index is 0.393. The van der Waals surface area contributed by atoms with Gasteiger partial charge in [0, 0.05) is 18.6 Å². The van der Waals surface area contributed by atoms with E-state index < -0.39 is 0 Å². The van der Waals surface area contributed by atoms with Crippen LogP contribution >= 0.6 is 0 Å². The van der Waals surface area contributed by atoms with E-state index in [9.17, 15) is 0 Å². The van der Waals surface area contributed by atoms with Gasteiger partial charge in [0.15, 0.2) is 11.6 Å². The van der Waals surface area contributed by atoms with Crippen LogP contribution in [0.15, 0.2) is 73.8 Å². The smallest absolute Gasteiger partial charge is 0.200 e. The van der Waals surface area contributed by atoms with Crippen molar-refractivity contribution in [2.75, 3.05) is 11.9 Å². The van der Waals surface area contributed by atoms with Crippen LogP contribution in [0.5, 0.6) is 5.75 Å². The molecule has 0 amide bonds. The summed E-state index contributed by atoms with van der Waals surface area (Å²) >= 11 is 0. The van der Waals surface area contributed by atoms with Crippen LogP contribution in [-0.2, 0) is 0 Å². The van der Waals surface area contributed by atoms with E-state index in [2.05, 4.69) is 31.9 Å². The van der Waals surface area contributed by atoms with E-state index in [4.69, 9.17) is 4.74 Å². The van der Waals surface area contributed by atoms with E-state index in [0.29, 0.717) is 29.7 Å². The maximum absolute atomic E-state index is 5.66. The zero-order valence-corrected chi connectivity index (χ0v) is 13.9. The Morgan fingerprint density at radius 1 is 1.15 bits per heavy atom. The lowest BCUT2D eigenvalue weighted by Gasteiger charge is -2.13. The Labute approximate surface area is 150 Å². The van der Waals surface area contributed by atoms with E-state index in [1.54, 1.807) is 29.2 Å². The molecule has 0 aliphatic carbocycles. The van der Waals surface area contributed by atoms with Gasteiger partial charge in [-0.1, -0.05) is 18.7 Å². The van der Waals surface area contributed by atoms with Gasteiger partial charge in [-0.2, -0.15) is 0 Å². The molecule has 128 valence electrons. The minimum Gasteiger partial charge on any atom is -0.486 e. The van der Waals surface area contributed by atoms with Crippen LogP contribution in [0.1, 0.15) is 0 Å². The summed E-state index contributed by atoms with van der Waals surface area (Å²) in [5, 5.41) is 7.85. The number of pyridine rings is 2. The van der Waals surface area contributed by atoms with Gasteiger partial charge in [0.05, 0.1) is 11.9 Å². The van der Waals surface area contributed by atoms with Gasteiger partial charge < -0.3 is 10.1 Å². The Balaban J connectivity index is 1.77. The van der Waals surface area contributed by atoms with Gasteiger partial charge in [0.1, 0.15) is 17.8 Å². The fourth-order valence-electron chi connectivity index (χ4n) is 2.50. The molecule has 0 unspecified atom stereocenters. The lowest BCUT2D eigenvalue weighted by atomic mass is 10.3. The molecular formula is C19H16N6O. The van der Waals surface area contributed by atoms with Crippen LogP contribution < -0.4 is 10.1 Å². The molecule has 4 aromatic heterocycles. The number of aromatic nitrogens is 5. The SMILES string of the molecule is C=CCOc1cnccc1Nc1nc(-c2ccccn2)nn2cccc12. The normalized spacial score (nSPS) is 10.6. The topological polar surface area (TPSA) is 77.2 Å². The van der Waals surface area contributed by atoms with E-state index >= 15 is 0 Å². The van der Waals surface area contributed by atoms with Crippen LogP contribution in [0, 0.1) is 0 Å². The summed E-state index contributed by atoms with van der Waals surface area (Å²) in [6.45, 7) is 4.06. The molecule has 4 rings (SSSR count). The van der Waals surface area contributed by atoms with Crippen molar-refractivity contribution in [1.29, 1.82) is 0 Å². The Morgan fingerprint density at radius 3 is 2.96 bits per heavy atom. The maximum Gasteiger partial charge on any atom is 0.200 e. The first-order valence-corrected chi connectivity index (χ1v) is 8.06. The predicted molar refractivity (Wildman–Crippen MR) is 99.4 cm³/mol. The average Bonchev–Trinajstić information content (AvgIpc) is 3.17. The van der Waals surface area contributed by atoms with Crippen molar-refractivity contribution in [2.45, 2.75) is 0 Å². The molecule has 4 aromatic rings. The fraction of sp³-hybridized carbons (Fsp3) is 0.0526. The highest BCUT2D eigenvalue weighted by Gasteiger charge is 2.12. The van der Waals surface area contributed by atoms with Crippen LogP contribution in [-0.4, -0.2) is 31.2 Å². The van der Waals surface area contributed by atoms with Crippen molar-refractivity contribution in [3.8, 4) is 17.3 Å². The lowest BCUT2D eigenvalue weighted by Crippen LogP contribution is -2.05. The van der Waals surface area contributed by atoms with E-state index in [-0.39, 0.29) is 0 Å². The molecule has 1 N–H and O–H groups in total. The number of fused-ring (bicyclic) bond motifs is 1. The first-order chi connectivity index (χ1) is 12.8. The molecule has 0 aromatic carbocycles. The maximum atomic E-state index is 5.66. The van der Waals surface area contributed by atoms with Gasteiger partial charge in [-0.3, -0.25) is 9.97 Å². The number of nitrogens with zero attached hydrogens (tertiary/aromatic N) is 5. The average molecular weight is 344 g/mol. The van der Waals surface area contributed by atoms with Crippen LogP contribution in [0.25, 0.3) is 17.0 Å². The summed E-state index contributed by atoms with van der Waals surface area (Å²) in [6.07, 6.45) is 8.62. The Bertz CT molecular complexity index is 1040. The number of hydrogen-bond donors (Lipinski definition) is 1. The molecule has 0 radical (unpaired) electrons. The van der Waals surface area contributed by atoms with E-state index in [0.717, 1.165) is 11.2 Å². The third-order valence-electron chi connectivity index (χ3n) is 3.68. The summed E-state index contributed by atoms with van der Waals surface area (Å²) in [5.41, 5.74) is 2.30. The highest BCUT2D eigenvalue weighted by molar-refractivity contribution is 5.76. The summed E-state index contributed by atoms with van der Waals surface area (Å²) in [6, 6.07) is 11.3. The van der Waals surface area contributed by atoms with Gasteiger partial charge >= 0.3 is 0 Å². The monoisotopic (exact) mass is 344 g/mol. The predicted octanol–water partition coefficient (Wildman–Crippen LogP) is 3.49. The van der Waals surface area contributed by atoms with E-state index in [1.807, 2.05) is 42.6 Å². The Kier molecular flexibility index (Phi) is 4.26. The molecular weight excluding hydrogens is 328 g/mol. The third-order valence-corrected chi connectivity index (χ3v) is 3.68. The van der Waals surface area contributed by atoms with E-state index in [1.165, 1.54) is 0 Å². The zero-order chi connectivity index (χ0) is 17.8. The van der Waals surface area contributed by atoms with Crippen LogP contribution in [0.4, 0.5) is 11.5 Å². The van der Waals surface area contributed by atoms with Crippen molar-refractivity contribution >= 4 is 17.0 Å². The molecule has 4 heterocycles. The number of anilines is 2. The largest absolute Gasteiger partial charge is 0.486 e. The van der Waals surface area contributed by atoms with Gasteiger partial charge in [-0.25, -0.2) is 9.50 Å². The van der Waals surface area contributed by atoms with Crippen molar-refractivity contribution < 1.29 is 4.74 Å². The second-order valence-corrected chi connectivity index (χ2v) is 5.43. The lowest BCUT2D eigenvalue weighted by molar-refractivity contribution is 0.363. The second kappa shape index (κ2) is 7.02. The van der Waals surface area contributed by atoms with Gasteiger partial charge in [-0.05, 0) is 30.3 Å². The summed E-state index contributed by atoms with van der Waals surface area (Å²) in [7, 11) is 0. The highest BCUT2D eigenvalue weighted by Crippen LogP contribution is 2.28. The number of hydrogen-bond acceptors (Lipinski definition) is 6. The van der Waals surface area contributed by atoms with Crippen molar-refractivity contribution in [3.05, 3.63) is 73.8 Å². The standard InChI is InChI=1S/C19H16N6O/c1-2-12-26-17-13-20-10-8-14(17)22-19-16-7-5-11-25(16)24-18(23-19)15-6-3-4-9-21-15/h2-11,13H,1,12H2,(H,20,22,23,24). The summed E-state index contributed by atoms with van der Waals surface area (Å²) < 4.78 is 7.43. The third kappa shape index (κ3) is 3.10. The summed E-state index contributed by atoms with van der Waals surface area (Å²) in [5.74, 6) is 1.80. The molecule has 0 bridgehead atoms. The molecule has 0 fully saturated rings. The van der Waals surface area contributed by atoms with Crippen molar-refractivity contribution in [2.24, 2.45) is 0 Å². The first kappa shape index (κ1) is 15.8. The quantitative estimate of drug-likeness (QED) is 0.540. The zero-order valence-electron chi connectivity index (χ0n) is 13.9. The molecule has 0 saturated heterocycles. The minimum absolute atomic E-state index is 0.393. The highest BCUT2D eigenvalue weighted by atomic mass is 16.5. The van der Waals surface area contributed by atoms with Gasteiger partial charge in [-0.15, -0.1) is 5.10 Å². The molecule has 0 aliphatic rings. The number of ether oxygens (including phenoxy) is 1. The molecule has 7 nitrogen and oxygen atoms in total. The second-order valence-electron chi connectivity index (χ2n) is 5.43. The molecule has 0 atom stereocenters. The number of rotatable bonds is 6. The van der Waals surface area contributed by atoms with Crippen molar-refractivity contribution in [3.63, 3.8) is 0 Å². The molecule has 0 aliphatic heterocycles. The Hall–Kier alpha value is -3.74. The van der Waals surface area contributed by atoms with Crippen LogP contribution in [0.2, 0.25) is 0 Å². The van der Waals surface area contributed by atoms with Gasteiger partial charge in [0.25, 0.3) is 0 Å². The molecule has 0 saturated carbocycles.